The van der Waals surface area contributed by atoms with Crippen LogP contribution in [0.1, 0.15) is 63.5 Å². The van der Waals surface area contributed by atoms with E-state index in [0.717, 1.165) is 51.6 Å². The molecule has 1 heterocycles. The summed E-state index contributed by atoms with van der Waals surface area (Å²) in [5, 5.41) is 10.6. The molecule has 12 heteroatoms. The number of aromatic nitrogens is 3. The lowest BCUT2D eigenvalue weighted by Gasteiger charge is -2.23. The van der Waals surface area contributed by atoms with E-state index < -0.39 is 0 Å². The summed E-state index contributed by atoms with van der Waals surface area (Å²) < 4.78 is 0. The number of unbranched alkanes of at least 4 members (excludes halogenated alkanes) is 4. The zero-order chi connectivity index (χ0) is 28.0. The summed E-state index contributed by atoms with van der Waals surface area (Å²) in [5.74, 6) is 1.07. The second kappa shape index (κ2) is 16.5. The van der Waals surface area contributed by atoms with Crippen molar-refractivity contribution in [1.82, 2.24) is 15.0 Å². The van der Waals surface area contributed by atoms with Crippen LogP contribution in [0.15, 0.2) is 46.6 Å². The van der Waals surface area contributed by atoms with Crippen LogP contribution in [-0.4, -0.2) is 40.5 Å². The lowest BCUT2D eigenvalue weighted by atomic mass is 10.2. The molecule has 2 aromatic carbocycles. The van der Waals surface area contributed by atoms with Gasteiger partial charge in [0.25, 0.3) is 0 Å². The molecule has 8 nitrogen and oxygen atoms in total. The average Bonchev–Trinajstić information content (AvgIpc) is 2.90. The molecule has 39 heavy (non-hydrogen) atoms. The Morgan fingerprint density at radius 3 is 1.56 bits per heavy atom. The zero-order valence-corrected chi connectivity index (χ0v) is 25.0. The van der Waals surface area contributed by atoms with Crippen molar-refractivity contribution >= 4 is 76.7 Å². The van der Waals surface area contributed by atoms with E-state index in [1.165, 1.54) is 0 Å². The van der Waals surface area contributed by atoms with Gasteiger partial charge in [-0.05, 0) is 37.1 Å². The third-order valence-electron chi connectivity index (χ3n) is 5.63. The minimum absolute atomic E-state index is 0.263. The highest BCUT2D eigenvalue weighted by Crippen LogP contribution is 2.21. The number of nitrogens with zero attached hydrogens (tertiary/aromatic N) is 6. The van der Waals surface area contributed by atoms with Crippen LogP contribution in [0.4, 0.5) is 17.8 Å². The van der Waals surface area contributed by atoms with Gasteiger partial charge in [0, 0.05) is 34.3 Å². The fraction of sp³-hybridized carbons (Fsp3) is 0.370. The third kappa shape index (κ3) is 10.4. The Morgan fingerprint density at radius 2 is 1.15 bits per heavy atom. The van der Waals surface area contributed by atoms with E-state index in [1.807, 2.05) is 0 Å². The Labute approximate surface area is 249 Å². The van der Waals surface area contributed by atoms with Gasteiger partial charge in [0.2, 0.25) is 17.8 Å². The molecule has 1 aromatic heterocycles. The monoisotopic (exact) mass is 608 g/mol. The van der Waals surface area contributed by atoms with Crippen molar-refractivity contribution in [3.05, 3.63) is 67.6 Å². The van der Waals surface area contributed by atoms with Gasteiger partial charge in [-0.3, -0.25) is 0 Å². The van der Waals surface area contributed by atoms with Crippen LogP contribution in [0.5, 0.6) is 0 Å². The van der Waals surface area contributed by atoms with Gasteiger partial charge in [-0.25, -0.2) is 10.9 Å². The van der Waals surface area contributed by atoms with E-state index in [2.05, 4.69) is 54.8 Å². The highest BCUT2D eigenvalue weighted by Gasteiger charge is 2.14. The van der Waals surface area contributed by atoms with Crippen molar-refractivity contribution in [2.24, 2.45) is 10.2 Å². The Bertz CT molecular complexity index is 1180. The van der Waals surface area contributed by atoms with Crippen molar-refractivity contribution in [2.75, 3.05) is 28.8 Å². The first kappa shape index (κ1) is 30.9. The molecule has 0 fully saturated rings. The lowest BCUT2D eigenvalue weighted by Crippen LogP contribution is -2.28. The predicted octanol–water partition coefficient (Wildman–Crippen LogP) is 8.56. The van der Waals surface area contributed by atoms with E-state index in [1.54, 1.807) is 48.8 Å². The van der Waals surface area contributed by atoms with Crippen LogP contribution in [0.25, 0.3) is 0 Å². The van der Waals surface area contributed by atoms with E-state index in [9.17, 15) is 0 Å². The molecule has 0 radical (unpaired) electrons. The van der Waals surface area contributed by atoms with Crippen molar-refractivity contribution in [1.29, 1.82) is 0 Å². The molecule has 0 atom stereocenters. The molecule has 2 N–H and O–H groups in total. The molecule has 0 aliphatic rings. The van der Waals surface area contributed by atoms with Crippen molar-refractivity contribution < 1.29 is 0 Å². The molecule has 0 aliphatic carbocycles. The minimum atomic E-state index is 0.263. The average molecular weight is 610 g/mol. The summed E-state index contributed by atoms with van der Waals surface area (Å²) in [6, 6.07) is 10.4. The van der Waals surface area contributed by atoms with Crippen LogP contribution in [0.2, 0.25) is 20.1 Å². The zero-order valence-electron chi connectivity index (χ0n) is 22.0. The quantitative estimate of drug-likeness (QED) is 0.102. The first-order valence-electron chi connectivity index (χ1n) is 12.9. The molecule has 0 saturated carbocycles. The van der Waals surface area contributed by atoms with E-state index in [-0.39, 0.29) is 11.9 Å². The summed E-state index contributed by atoms with van der Waals surface area (Å²) >= 11 is 24.5. The summed E-state index contributed by atoms with van der Waals surface area (Å²) in [7, 11) is 0. The van der Waals surface area contributed by atoms with Gasteiger partial charge in [-0.15, -0.1) is 0 Å². The number of hydrogen-bond acceptors (Lipinski definition) is 8. The first-order chi connectivity index (χ1) is 18.9. The second-order valence-corrected chi connectivity index (χ2v) is 10.4. The molecule has 0 saturated heterocycles. The van der Waals surface area contributed by atoms with E-state index in [4.69, 9.17) is 46.4 Å². The molecule has 3 rings (SSSR count). The topological polar surface area (TPSA) is 90.7 Å². The number of hydrazone groups is 2. The van der Waals surface area contributed by atoms with Gasteiger partial charge in [-0.2, -0.15) is 25.2 Å². The van der Waals surface area contributed by atoms with Crippen LogP contribution < -0.4 is 15.8 Å². The summed E-state index contributed by atoms with van der Waals surface area (Å²) in [5.41, 5.74) is 7.18. The van der Waals surface area contributed by atoms with Gasteiger partial charge in [0.05, 0.1) is 22.5 Å². The highest BCUT2D eigenvalue weighted by atomic mass is 35.5. The Kier molecular flexibility index (Phi) is 13.0. The normalized spacial score (nSPS) is 11.4. The SMILES string of the molecule is CCCCCN(CCCCC)c1nc(N/N=C/c2ccc(Cl)cc2Cl)nc(N/N=C/c2ccc(Cl)cc2Cl)n1. The number of nitrogens with one attached hydrogen (secondary N) is 2. The van der Waals surface area contributed by atoms with Gasteiger partial charge >= 0.3 is 0 Å². The maximum Gasteiger partial charge on any atom is 0.250 e. The Morgan fingerprint density at radius 1 is 0.692 bits per heavy atom. The molecule has 208 valence electrons. The van der Waals surface area contributed by atoms with Crippen molar-refractivity contribution in [3.8, 4) is 0 Å². The Balaban J connectivity index is 1.86. The summed E-state index contributed by atoms with van der Waals surface area (Å²) in [4.78, 5) is 15.9. The highest BCUT2D eigenvalue weighted by molar-refractivity contribution is 6.36. The van der Waals surface area contributed by atoms with Crippen LogP contribution >= 0.6 is 46.4 Å². The van der Waals surface area contributed by atoms with Crippen LogP contribution in [-0.2, 0) is 0 Å². The number of halogens is 4. The smallest absolute Gasteiger partial charge is 0.250 e. The molecular weight excluding hydrogens is 578 g/mol. The van der Waals surface area contributed by atoms with Crippen molar-refractivity contribution in [3.63, 3.8) is 0 Å². The first-order valence-corrected chi connectivity index (χ1v) is 14.4. The second-order valence-electron chi connectivity index (χ2n) is 8.76. The molecular formula is C27H32Cl4N8. The largest absolute Gasteiger partial charge is 0.341 e. The maximum atomic E-state index is 6.26. The fourth-order valence-corrected chi connectivity index (χ4v) is 4.47. The molecule has 0 aliphatic heterocycles. The number of hydrogen-bond donors (Lipinski definition) is 2. The van der Waals surface area contributed by atoms with Gasteiger partial charge < -0.3 is 4.90 Å². The third-order valence-corrected chi connectivity index (χ3v) is 6.76. The van der Waals surface area contributed by atoms with E-state index in [0.29, 0.717) is 37.2 Å². The van der Waals surface area contributed by atoms with Crippen LogP contribution in [0, 0.1) is 0 Å². The summed E-state index contributed by atoms with van der Waals surface area (Å²) in [6.45, 7) is 6.05. The summed E-state index contributed by atoms with van der Waals surface area (Å²) in [6.07, 6.45) is 9.76. The standard InChI is InChI=1S/C27H32Cl4N8/c1-3-5-7-13-39(14-8-6-4-2)27-35-25(37-32-17-19-9-11-21(28)15-23(19)30)34-26(36-27)38-33-18-20-10-12-22(29)16-24(20)31/h9-12,15-18H,3-8,13-14H2,1-2H3,(H2,34,35,36,37,38)/b32-17+,33-18+. The number of rotatable bonds is 15. The van der Waals surface area contributed by atoms with E-state index >= 15 is 0 Å². The van der Waals surface area contributed by atoms with Gasteiger partial charge in [0.1, 0.15) is 0 Å². The minimum Gasteiger partial charge on any atom is -0.341 e. The number of anilines is 3. The van der Waals surface area contributed by atoms with Gasteiger partial charge in [-0.1, -0.05) is 98.1 Å². The Hall–Kier alpha value is -2.65. The maximum absolute atomic E-state index is 6.26. The molecule has 0 bridgehead atoms. The van der Waals surface area contributed by atoms with Crippen LogP contribution in [0.3, 0.4) is 0 Å². The molecule has 0 unspecified atom stereocenters. The predicted molar refractivity (Wildman–Crippen MR) is 166 cm³/mol. The number of benzene rings is 2. The molecule has 0 spiro atoms. The van der Waals surface area contributed by atoms with Gasteiger partial charge in [0.15, 0.2) is 0 Å². The molecule has 0 amide bonds. The lowest BCUT2D eigenvalue weighted by molar-refractivity contribution is 0.625. The van der Waals surface area contributed by atoms with Crippen molar-refractivity contribution in [2.45, 2.75) is 52.4 Å². The fourth-order valence-electron chi connectivity index (χ4n) is 3.55. The molecule has 3 aromatic rings.